The molecule has 0 unspecified atom stereocenters. The van der Waals surface area contributed by atoms with Crippen molar-refractivity contribution in [2.75, 3.05) is 19.9 Å². The van der Waals surface area contributed by atoms with Gasteiger partial charge in [-0.25, -0.2) is 0 Å². The molecule has 3 heteroatoms. The van der Waals surface area contributed by atoms with Crippen LogP contribution in [0, 0.1) is 0 Å². The van der Waals surface area contributed by atoms with Gasteiger partial charge >= 0.3 is 0 Å². The molecule has 0 fully saturated rings. The summed E-state index contributed by atoms with van der Waals surface area (Å²) in [4.78, 5) is 3.87. The van der Waals surface area contributed by atoms with E-state index in [-0.39, 0.29) is 0 Å². The predicted octanol–water partition coefficient (Wildman–Crippen LogP) is 0.575. The van der Waals surface area contributed by atoms with Crippen LogP contribution in [-0.4, -0.2) is 26.2 Å². The largest absolute Gasteiger partial charge is 0.479 e. The summed E-state index contributed by atoms with van der Waals surface area (Å²) in [5, 5.41) is 0. The second kappa shape index (κ2) is 4.09. The Morgan fingerprint density at radius 2 is 2.33 bits per heavy atom. The number of rotatable bonds is 0. The van der Waals surface area contributed by atoms with E-state index in [2.05, 4.69) is 4.99 Å². The summed E-state index contributed by atoms with van der Waals surface area (Å²) >= 11 is 0. The molecule has 0 bridgehead atoms. The molecule has 0 radical (unpaired) electrons. The quantitative estimate of drug-likeness (QED) is 0.476. The van der Waals surface area contributed by atoms with E-state index < -0.39 is 0 Å². The van der Waals surface area contributed by atoms with Gasteiger partial charge in [0, 0.05) is 6.21 Å². The Labute approximate surface area is 54.0 Å². The highest BCUT2D eigenvalue weighted by Gasteiger charge is 1.82. The van der Waals surface area contributed by atoms with Crippen LogP contribution in [-0.2, 0) is 9.47 Å². The molecule has 0 aromatic heterocycles. The minimum absolute atomic E-state index is 0.403. The number of ether oxygens (including phenoxy) is 2. The van der Waals surface area contributed by atoms with Crippen molar-refractivity contribution in [2.24, 2.45) is 4.99 Å². The molecule has 0 aliphatic carbocycles. The lowest BCUT2D eigenvalue weighted by atomic mass is 10.7. The van der Waals surface area contributed by atoms with Gasteiger partial charge in [0.1, 0.15) is 0 Å². The Bertz CT molecular complexity index is 106. The lowest BCUT2D eigenvalue weighted by Gasteiger charge is -1.89. The maximum Gasteiger partial charge on any atom is 0.177 e. The first-order valence-corrected chi connectivity index (χ1v) is 2.83. The summed E-state index contributed by atoms with van der Waals surface area (Å²) in [6, 6.07) is 0. The van der Waals surface area contributed by atoms with Crippen LogP contribution < -0.4 is 0 Å². The van der Waals surface area contributed by atoms with E-state index >= 15 is 0 Å². The molecule has 0 aromatic carbocycles. The Kier molecular flexibility index (Phi) is 2.86. The van der Waals surface area contributed by atoms with Crippen LogP contribution in [0.5, 0.6) is 0 Å². The van der Waals surface area contributed by atoms with Gasteiger partial charge in [-0.2, -0.15) is 0 Å². The number of nitrogens with zero attached hydrogens (tertiary/aromatic N) is 1. The molecule has 0 N–H and O–H groups in total. The van der Waals surface area contributed by atoms with Crippen molar-refractivity contribution < 1.29 is 9.47 Å². The summed E-state index contributed by atoms with van der Waals surface area (Å²) in [6.07, 6.45) is 5.12. The zero-order valence-corrected chi connectivity index (χ0v) is 5.12. The lowest BCUT2D eigenvalue weighted by Crippen LogP contribution is -1.93. The van der Waals surface area contributed by atoms with Gasteiger partial charge in [-0.05, 0) is 6.08 Å². The van der Waals surface area contributed by atoms with Gasteiger partial charge in [0.25, 0.3) is 0 Å². The summed E-state index contributed by atoms with van der Waals surface area (Å²) < 4.78 is 9.93. The molecule has 0 spiro atoms. The lowest BCUT2D eigenvalue weighted by molar-refractivity contribution is 0.205. The fourth-order valence-corrected chi connectivity index (χ4v) is 0.488. The van der Waals surface area contributed by atoms with Crippen molar-refractivity contribution in [2.45, 2.75) is 0 Å². The Morgan fingerprint density at radius 3 is 3.33 bits per heavy atom. The molecule has 1 aliphatic heterocycles. The minimum Gasteiger partial charge on any atom is -0.479 e. The first-order valence-electron chi connectivity index (χ1n) is 2.83. The van der Waals surface area contributed by atoms with Gasteiger partial charge in [-0.3, -0.25) is 4.99 Å². The topological polar surface area (TPSA) is 30.8 Å². The van der Waals surface area contributed by atoms with E-state index in [1.807, 2.05) is 6.08 Å². The molecule has 3 nitrogen and oxygen atoms in total. The molecule has 0 saturated carbocycles. The monoisotopic (exact) mass is 127 g/mol. The van der Waals surface area contributed by atoms with Crippen molar-refractivity contribution in [3.8, 4) is 0 Å². The molecule has 0 amide bonds. The van der Waals surface area contributed by atoms with Gasteiger partial charge in [-0.15, -0.1) is 0 Å². The van der Waals surface area contributed by atoms with Crippen LogP contribution in [0.2, 0.25) is 0 Å². The van der Waals surface area contributed by atoms with Gasteiger partial charge in [0.05, 0.1) is 19.5 Å². The third-order valence-corrected chi connectivity index (χ3v) is 0.877. The van der Waals surface area contributed by atoms with E-state index in [1.54, 1.807) is 12.5 Å². The average Bonchev–Trinajstić information content (AvgIpc) is 2.00. The first kappa shape index (κ1) is 6.29. The molecule has 0 atom stereocenters. The van der Waals surface area contributed by atoms with Gasteiger partial charge < -0.3 is 9.47 Å². The molecular weight excluding hydrogens is 118 g/mol. The highest BCUT2D eigenvalue weighted by Crippen LogP contribution is 1.83. The summed E-state index contributed by atoms with van der Waals surface area (Å²) in [7, 11) is 0. The van der Waals surface area contributed by atoms with Gasteiger partial charge in [0.15, 0.2) is 6.73 Å². The molecule has 0 saturated heterocycles. The Hall–Kier alpha value is -0.830. The van der Waals surface area contributed by atoms with Crippen LogP contribution >= 0.6 is 0 Å². The zero-order valence-electron chi connectivity index (χ0n) is 5.12. The molecule has 9 heavy (non-hydrogen) atoms. The minimum atomic E-state index is 0.403. The number of hydrogen-bond donors (Lipinski definition) is 0. The highest BCUT2D eigenvalue weighted by atomic mass is 16.5. The molecule has 50 valence electrons. The van der Waals surface area contributed by atoms with E-state index in [0.717, 1.165) is 0 Å². The first-order chi connectivity index (χ1) is 4.50. The summed E-state index contributed by atoms with van der Waals surface area (Å²) in [5.74, 6) is 0. The fraction of sp³-hybridized carbons (Fsp3) is 0.500. The average molecular weight is 127 g/mol. The maximum atomic E-state index is 5.04. The molecular formula is C6H9NO2. The van der Waals surface area contributed by atoms with Gasteiger partial charge in [-0.1, -0.05) is 0 Å². The molecule has 1 aliphatic rings. The van der Waals surface area contributed by atoms with Crippen LogP contribution in [0.3, 0.4) is 0 Å². The van der Waals surface area contributed by atoms with Crippen LogP contribution in [0.1, 0.15) is 0 Å². The number of hydrogen-bond acceptors (Lipinski definition) is 3. The predicted molar refractivity (Wildman–Crippen MR) is 34.4 cm³/mol. The van der Waals surface area contributed by atoms with Crippen LogP contribution in [0.25, 0.3) is 0 Å². The second-order valence-electron chi connectivity index (χ2n) is 1.57. The van der Waals surface area contributed by atoms with Crippen molar-refractivity contribution in [1.29, 1.82) is 0 Å². The second-order valence-corrected chi connectivity index (χ2v) is 1.57. The third-order valence-electron chi connectivity index (χ3n) is 0.877. The van der Waals surface area contributed by atoms with Crippen LogP contribution in [0.4, 0.5) is 0 Å². The molecule has 1 rings (SSSR count). The molecule has 1 heterocycles. The molecule has 0 aromatic rings. The van der Waals surface area contributed by atoms with Crippen molar-refractivity contribution in [3.05, 3.63) is 12.3 Å². The van der Waals surface area contributed by atoms with E-state index in [4.69, 9.17) is 9.47 Å². The van der Waals surface area contributed by atoms with E-state index in [9.17, 15) is 0 Å². The Balaban J connectivity index is 2.28. The van der Waals surface area contributed by atoms with Crippen molar-refractivity contribution in [1.82, 2.24) is 0 Å². The maximum absolute atomic E-state index is 5.04. The summed E-state index contributed by atoms with van der Waals surface area (Å²) in [5.41, 5.74) is 0. The Morgan fingerprint density at radius 1 is 1.33 bits per heavy atom. The zero-order chi connectivity index (χ0) is 6.36. The van der Waals surface area contributed by atoms with E-state index in [0.29, 0.717) is 19.9 Å². The third kappa shape index (κ3) is 2.87. The van der Waals surface area contributed by atoms with Gasteiger partial charge in [0.2, 0.25) is 0 Å². The smallest absolute Gasteiger partial charge is 0.177 e. The number of aliphatic imine (C=N–C) groups is 1. The van der Waals surface area contributed by atoms with E-state index in [1.165, 1.54) is 0 Å². The normalized spacial score (nSPS) is 19.6. The fourth-order valence-electron chi connectivity index (χ4n) is 0.488. The summed E-state index contributed by atoms with van der Waals surface area (Å²) in [6.45, 7) is 1.58. The highest BCUT2D eigenvalue weighted by molar-refractivity contribution is 5.58. The SMILES string of the molecule is C1=COCN=CCOC1. The van der Waals surface area contributed by atoms with Crippen molar-refractivity contribution in [3.63, 3.8) is 0 Å². The standard InChI is InChI=1S/C6H9NO2/c1-3-8-5-2-7-6-9-4-1/h1-2,4H,3,5-6H2. The van der Waals surface area contributed by atoms with Crippen molar-refractivity contribution >= 4 is 6.21 Å². The van der Waals surface area contributed by atoms with Crippen LogP contribution in [0.15, 0.2) is 17.3 Å².